The molecule has 0 radical (unpaired) electrons. The molecule has 18 heteroatoms. The Morgan fingerprint density at radius 2 is 1.56 bits per heavy atom. The van der Waals surface area contributed by atoms with Gasteiger partial charge in [0, 0.05) is 36.4 Å². The number of nitriles is 1. The second-order valence-electron chi connectivity index (χ2n) is 9.57. The average molecular weight is 599 g/mol. The first-order valence-corrected chi connectivity index (χ1v) is 14.1. The van der Waals surface area contributed by atoms with E-state index in [1.165, 1.54) is 26.2 Å². The molecule has 4 N–H and O–H groups in total. The quantitative estimate of drug-likeness (QED) is 0.181. The van der Waals surface area contributed by atoms with Crippen molar-refractivity contribution in [1.29, 1.82) is 5.26 Å². The van der Waals surface area contributed by atoms with E-state index in [4.69, 9.17) is 28.3 Å². The van der Waals surface area contributed by atoms with Crippen LogP contribution in [0.3, 0.4) is 0 Å². The molecule has 2 aliphatic rings. The summed E-state index contributed by atoms with van der Waals surface area (Å²) in [6.07, 6.45) is -4.08. The van der Waals surface area contributed by atoms with Gasteiger partial charge < -0.3 is 19.7 Å². The molecule has 0 aromatic carbocycles. The summed E-state index contributed by atoms with van der Waals surface area (Å²) in [6, 6.07) is 1.83. The van der Waals surface area contributed by atoms with E-state index in [2.05, 4.69) is 9.97 Å². The van der Waals surface area contributed by atoms with Gasteiger partial charge in [-0.15, -0.1) is 0 Å². The minimum absolute atomic E-state index is 0.0437. The summed E-state index contributed by atoms with van der Waals surface area (Å²) in [7, 11) is -4.49. The molecule has 4 heterocycles. The third-order valence-corrected chi connectivity index (χ3v) is 8.09. The zero-order chi connectivity index (χ0) is 29.9. The van der Waals surface area contributed by atoms with Crippen LogP contribution in [-0.4, -0.2) is 73.6 Å². The van der Waals surface area contributed by atoms with Crippen molar-refractivity contribution in [2.75, 3.05) is 19.8 Å². The van der Waals surface area contributed by atoms with Crippen LogP contribution in [0.25, 0.3) is 0 Å². The van der Waals surface area contributed by atoms with Crippen LogP contribution in [-0.2, 0) is 27.6 Å². The van der Waals surface area contributed by atoms with E-state index in [9.17, 15) is 34.0 Å². The number of aromatic amines is 2. The molecule has 2 aliphatic heterocycles. The Hall–Kier alpha value is -3.20. The Balaban J connectivity index is 1.48. The number of aliphatic hydroxyl groups is 2. The summed E-state index contributed by atoms with van der Waals surface area (Å²) in [5.41, 5.74) is -2.14. The van der Waals surface area contributed by atoms with Crippen molar-refractivity contribution in [3.05, 3.63) is 65.2 Å². The molecular formula is C23H30N5O12P. The van der Waals surface area contributed by atoms with Crippen LogP contribution in [0.1, 0.15) is 42.8 Å². The Kier molecular flexibility index (Phi) is 9.57. The van der Waals surface area contributed by atoms with Gasteiger partial charge in [0.1, 0.15) is 30.8 Å². The molecule has 0 aliphatic carbocycles. The van der Waals surface area contributed by atoms with Gasteiger partial charge in [-0.05, 0) is 13.8 Å². The molecule has 0 bridgehead atoms. The summed E-state index contributed by atoms with van der Waals surface area (Å²) in [5, 5.41) is 29.2. The van der Waals surface area contributed by atoms with Gasteiger partial charge in [-0.3, -0.25) is 42.3 Å². The number of nitrogens with zero attached hydrogens (tertiary/aromatic N) is 3. The highest BCUT2D eigenvalue weighted by atomic mass is 31.2. The lowest BCUT2D eigenvalue weighted by atomic mass is 10.2. The minimum atomic E-state index is -4.49. The fourth-order valence-corrected chi connectivity index (χ4v) is 5.81. The summed E-state index contributed by atoms with van der Waals surface area (Å²) >= 11 is 0. The molecular weight excluding hydrogens is 569 g/mol. The molecule has 2 saturated heterocycles. The number of H-pyrrole nitrogens is 2. The van der Waals surface area contributed by atoms with Crippen LogP contribution in [0.15, 0.2) is 31.6 Å². The summed E-state index contributed by atoms with van der Waals surface area (Å²) in [4.78, 5) is 52.3. The second kappa shape index (κ2) is 12.8. The van der Waals surface area contributed by atoms with Gasteiger partial charge in [-0.1, -0.05) is 0 Å². The van der Waals surface area contributed by atoms with Crippen LogP contribution < -0.4 is 22.5 Å². The number of aliphatic hydroxyl groups excluding tert-OH is 2. The van der Waals surface area contributed by atoms with E-state index in [1.807, 2.05) is 6.07 Å². The number of hydrogen-bond donors (Lipinski definition) is 4. The Morgan fingerprint density at radius 1 is 1.00 bits per heavy atom. The first-order valence-electron chi connectivity index (χ1n) is 12.6. The molecule has 41 heavy (non-hydrogen) atoms. The zero-order valence-electron chi connectivity index (χ0n) is 22.1. The molecule has 0 saturated carbocycles. The standard InChI is InChI=1S/C23H30N5O12P/c1-12-8-27(22(33)25-20(12)31)18-6-14(30)17(39-18)11-37-41(35,36-5-3-4-24)40-15-7-19(38-16(15)10-29)28-9-13(2)21(32)26-23(28)34/h8-9,14-19,29-30H,3,5-7,10-11H2,1-2H3,(H,25,31,33)(H,26,32,34). The largest absolute Gasteiger partial charge is 0.475 e. The van der Waals surface area contributed by atoms with Crippen molar-refractivity contribution in [2.45, 2.75) is 70.0 Å². The van der Waals surface area contributed by atoms with Crippen LogP contribution in [0.4, 0.5) is 0 Å². The molecule has 2 aromatic rings. The van der Waals surface area contributed by atoms with Gasteiger partial charge in [0.2, 0.25) is 0 Å². The zero-order valence-corrected chi connectivity index (χ0v) is 23.0. The van der Waals surface area contributed by atoms with Crippen LogP contribution >= 0.6 is 7.82 Å². The molecule has 7 atom stereocenters. The molecule has 0 spiro atoms. The van der Waals surface area contributed by atoms with Gasteiger partial charge in [0.05, 0.1) is 38.4 Å². The number of phosphoric acid groups is 1. The maximum atomic E-state index is 13.6. The molecule has 17 nitrogen and oxygen atoms in total. The first kappa shape index (κ1) is 30.8. The number of aromatic nitrogens is 4. The molecule has 2 aromatic heterocycles. The second-order valence-corrected chi connectivity index (χ2v) is 11.2. The lowest BCUT2D eigenvalue weighted by Gasteiger charge is -2.25. The third kappa shape index (κ3) is 7.00. The van der Waals surface area contributed by atoms with Crippen molar-refractivity contribution in [1.82, 2.24) is 19.1 Å². The predicted octanol–water partition coefficient (Wildman–Crippen LogP) is -0.928. The Bertz CT molecular complexity index is 1570. The molecule has 224 valence electrons. The number of nitrogens with one attached hydrogen (secondary N) is 2. The number of rotatable bonds is 11. The fourth-order valence-electron chi connectivity index (χ4n) is 4.41. The lowest BCUT2D eigenvalue weighted by molar-refractivity contribution is -0.0600. The predicted molar refractivity (Wildman–Crippen MR) is 137 cm³/mol. The van der Waals surface area contributed by atoms with Gasteiger partial charge in [0.25, 0.3) is 11.1 Å². The highest BCUT2D eigenvalue weighted by molar-refractivity contribution is 7.48. The highest BCUT2D eigenvalue weighted by Crippen LogP contribution is 2.53. The SMILES string of the molecule is Cc1cn(C2CC(O)C(COP(=O)(OCCC#N)OC3CC(n4cc(C)c(=O)[nH]c4=O)OC3CO)O2)c(=O)[nH]c1=O. The molecule has 2 fully saturated rings. The minimum Gasteiger partial charge on any atom is -0.394 e. The molecule has 7 unspecified atom stereocenters. The van der Waals surface area contributed by atoms with Gasteiger partial charge in [-0.25, -0.2) is 14.2 Å². The highest BCUT2D eigenvalue weighted by Gasteiger charge is 2.44. The Morgan fingerprint density at radius 3 is 2.12 bits per heavy atom. The van der Waals surface area contributed by atoms with E-state index in [1.54, 1.807) is 0 Å². The number of hydrogen-bond acceptors (Lipinski definition) is 13. The maximum absolute atomic E-state index is 13.6. The van der Waals surface area contributed by atoms with Crippen molar-refractivity contribution in [3.8, 4) is 6.07 Å². The van der Waals surface area contributed by atoms with Gasteiger partial charge in [0.15, 0.2) is 0 Å². The number of phosphoric ester groups is 1. The fraction of sp³-hybridized carbons (Fsp3) is 0.609. The number of ether oxygens (including phenoxy) is 2. The van der Waals surface area contributed by atoms with Crippen LogP contribution in [0.2, 0.25) is 0 Å². The van der Waals surface area contributed by atoms with Crippen molar-refractivity contribution < 1.29 is 37.8 Å². The van der Waals surface area contributed by atoms with E-state index in [0.29, 0.717) is 0 Å². The van der Waals surface area contributed by atoms with Crippen molar-refractivity contribution in [2.24, 2.45) is 0 Å². The average Bonchev–Trinajstić information content (AvgIpc) is 3.49. The van der Waals surface area contributed by atoms with Crippen molar-refractivity contribution in [3.63, 3.8) is 0 Å². The monoisotopic (exact) mass is 599 g/mol. The maximum Gasteiger partial charge on any atom is 0.475 e. The summed E-state index contributed by atoms with van der Waals surface area (Å²) < 4.78 is 43.6. The van der Waals surface area contributed by atoms with Crippen LogP contribution in [0.5, 0.6) is 0 Å². The Labute approximate surface area is 231 Å². The first-order chi connectivity index (χ1) is 19.4. The smallest absolute Gasteiger partial charge is 0.394 e. The molecule has 4 rings (SSSR count). The van der Waals surface area contributed by atoms with E-state index >= 15 is 0 Å². The number of aryl methyl sites for hydroxylation is 2. The van der Waals surface area contributed by atoms with E-state index in [-0.39, 0.29) is 37.0 Å². The van der Waals surface area contributed by atoms with Crippen molar-refractivity contribution >= 4 is 7.82 Å². The van der Waals surface area contributed by atoms with E-state index < -0.39 is 80.4 Å². The summed E-state index contributed by atoms with van der Waals surface area (Å²) in [5.74, 6) is 0. The van der Waals surface area contributed by atoms with Crippen LogP contribution in [0, 0.1) is 25.2 Å². The normalized spacial score (nSPS) is 27.5. The lowest BCUT2D eigenvalue weighted by Crippen LogP contribution is -2.33. The molecule has 0 amide bonds. The third-order valence-electron chi connectivity index (χ3n) is 6.60. The van der Waals surface area contributed by atoms with Gasteiger partial charge in [-0.2, -0.15) is 5.26 Å². The van der Waals surface area contributed by atoms with Gasteiger partial charge >= 0.3 is 19.2 Å². The topological polar surface area (TPSA) is 237 Å². The van der Waals surface area contributed by atoms with E-state index in [0.717, 1.165) is 9.13 Å². The summed E-state index contributed by atoms with van der Waals surface area (Å²) in [6.45, 7) is 1.55.